The number of nitrogens with one attached hydrogen (secondary N) is 2. The van der Waals surface area contributed by atoms with E-state index in [1.165, 1.54) is 18.4 Å². The number of halogens is 1. The summed E-state index contributed by atoms with van der Waals surface area (Å²) in [7, 11) is 1.80. The van der Waals surface area contributed by atoms with Crippen LogP contribution in [0.2, 0.25) is 5.15 Å². The van der Waals surface area contributed by atoms with Crippen molar-refractivity contribution in [3.63, 3.8) is 0 Å². The monoisotopic (exact) mass is 266 g/mol. The topological polar surface area (TPSA) is 49.3 Å². The zero-order chi connectivity index (χ0) is 12.8. The fourth-order valence-corrected chi connectivity index (χ4v) is 1.77. The summed E-state index contributed by atoms with van der Waals surface area (Å²) in [6.45, 7) is 1.87. The molecule has 18 heavy (non-hydrogen) atoms. The van der Waals surface area contributed by atoms with E-state index in [1.54, 1.807) is 7.05 Å². The minimum Gasteiger partial charge on any atom is -0.356 e. The van der Waals surface area contributed by atoms with Gasteiger partial charge in [-0.2, -0.15) is 0 Å². The van der Waals surface area contributed by atoms with E-state index in [4.69, 9.17) is 11.6 Å². The molecule has 4 nitrogen and oxygen atoms in total. The van der Waals surface area contributed by atoms with Crippen LogP contribution >= 0.6 is 11.6 Å². The SMILES string of the molecule is CN=C(NCCc1ccc(Cl)nc1)NCC1CC1. The maximum absolute atomic E-state index is 5.74. The lowest BCUT2D eigenvalue weighted by molar-refractivity contribution is 0.734. The van der Waals surface area contributed by atoms with Crippen LogP contribution in [-0.4, -0.2) is 31.1 Å². The van der Waals surface area contributed by atoms with Crippen LogP contribution in [0.15, 0.2) is 23.3 Å². The second-order valence-corrected chi connectivity index (χ2v) is 4.95. The summed E-state index contributed by atoms with van der Waals surface area (Å²) < 4.78 is 0. The number of pyridine rings is 1. The molecule has 1 aliphatic carbocycles. The molecule has 0 radical (unpaired) electrons. The summed E-state index contributed by atoms with van der Waals surface area (Å²) in [4.78, 5) is 8.25. The van der Waals surface area contributed by atoms with Crippen molar-refractivity contribution >= 4 is 17.6 Å². The molecule has 1 aromatic rings. The third-order valence-corrected chi connectivity index (χ3v) is 3.20. The molecule has 1 aliphatic rings. The van der Waals surface area contributed by atoms with E-state index in [1.807, 2.05) is 18.3 Å². The summed E-state index contributed by atoms with van der Waals surface area (Å²) in [5.41, 5.74) is 1.17. The Kier molecular flexibility index (Phi) is 4.81. The first-order valence-corrected chi connectivity index (χ1v) is 6.70. The van der Waals surface area contributed by atoms with Crippen LogP contribution < -0.4 is 10.6 Å². The van der Waals surface area contributed by atoms with Crippen molar-refractivity contribution in [2.45, 2.75) is 19.3 Å². The summed E-state index contributed by atoms with van der Waals surface area (Å²) in [6, 6.07) is 3.81. The number of guanidine groups is 1. The molecule has 2 N–H and O–H groups in total. The molecule has 5 heteroatoms. The number of aliphatic imine (C=N–C) groups is 1. The van der Waals surface area contributed by atoms with Crippen molar-refractivity contribution in [1.82, 2.24) is 15.6 Å². The van der Waals surface area contributed by atoms with Gasteiger partial charge >= 0.3 is 0 Å². The number of rotatable bonds is 5. The first-order chi connectivity index (χ1) is 8.78. The molecule has 0 atom stereocenters. The molecule has 0 saturated heterocycles. The van der Waals surface area contributed by atoms with Crippen LogP contribution in [0.25, 0.3) is 0 Å². The molecular formula is C13H19ClN4. The highest BCUT2D eigenvalue weighted by Gasteiger charge is 2.20. The highest BCUT2D eigenvalue weighted by atomic mass is 35.5. The minimum absolute atomic E-state index is 0.536. The second-order valence-electron chi connectivity index (χ2n) is 4.56. The third-order valence-electron chi connectivity index (χ3n) is 2.97. The fourth-order valence-electron chi connectivity index (χ4n) is 1.66. The van der Waals surface area contributed by atoms with Crippen LogP contribution in [0.5, 0.6) is 0 Å². The molecule has 1 saturated carbocycles. The molecule has 0 unspecified atom stereocenters. The van der Waals surface area contributed by atoms with Crippen LogP contribution in [-0.2, 0) is 6.42 Å². The lowest BCUT2D eigenvalue weighted by Crippen LogP contribution is -2.39. The molecule has 2 rings (SSSR count). The predicted molar refractivity (Wildman–Crippen MR) is 75.0 cm³/mol. The minimum atomic E-state index is 0.536. The van der Waals surface area contributed by atoms with Gasteiger partial charge in [0.1, 0.15) is 5.15 Å². The Morgan fingerprint density at radius 2 is 2.28 bits per heavy atom. The Hall–Kier alpha value is -1.29. The molecule has 1 fully saturated rings. The van der Waals surface area contributed by atoms with Gasteiger partial charge in [0.15, 0.2) is 5.96 Å². The molecule has 1 aromatic heterocycles. The van der Waals surface area contributed by atoms with Crippen molar-refractivity contribution in [3.8, 4) is 0 Å². The van der Waals surface area contributed by atoms with E-state index in [9.17, 15) is 0 Å². The average Bonchev–Trinajstić information content (AvgIpc) is 3.20. The fraction of sp³-hybridized carbons (Fsp3) is 0.538. The van der Waals surface area contributed by atoms with Crippen LogP contribution in [0, 0.1) is 5.92 Å². The highest BCUT2D eigenvalue weighted by Crippen LogP contribution is 2.27. The molecule has 0 bridgehead atoms. The summed E-state index contributed by atoms with van der Waals surface area (Å²) >= 11 is 5.74. The van der Waals surface area contributed by atoms with Crippen molar-refractivity contribution in [3.05, 3.63) is 29.0 Å². The van der Waals surface area contributed by atoms with Crippen LogP contribution in [0.1, 0.15) is 18.4 Å². The largest absolute Gasteiger partial charge is 0.356 e. The van der Waals surface area contributed by atoms with E-state index in [0.717, 1.165) is 31.4 Å². The molecule has 0 spiro atoms. The van der Waals surface area contributed by atoms with Gasteiger partial charge in [0.25, 0.3) is 0 Å². The van der Waals surface area contributed by atoms with Crippen molar-refractivity contribution in [2.75, 3.05) is 20.1 Å². The van der Waals surface area contributed by atoms with E-state index in [0.29, 0.717) is 5.15 Å². The van der Waals surface area contributed by atoms with Crippen molar-refractivity contribution in [2.24, 2.45) is 10.9 Å². The Morgan fingerprint density at radius 3 is 2.89 bits per heavy atom. The van der Waals surface area contributed by atoms with Gasteiger partial charge in [-0.15, -0.1) is 0 Å². The zero-order valence-electron chi connectivity index (χ0n) is 10.6. The maximum atomic E-state index is 5.74. The Bertz CT molecular complexity index is 398. The molecule has 0 amide bonds. The van der Waals surface area contributed by atoms with Crippen molar-refractivity contribution in [1.29, 1.82) is 0 Å². The lowest BCUT2D eigenvalue weighted by atomic mass is 10.2. The smallest absolute Gasteiger partial charge is 0.190 e. The van der Waals surface area contributed by atoms with Crippen LogP contribution in [0.3, 0.4) is 0 Å². The summed E-state index contributed by atoms with van der Waals surface area (Å²) in [5, 5.41) is 7.16. The van der Waals surface area contributed by atoms with Gasteiger partial charge in [-0.3, -0.25) is 4.99 Å². The lowest BCUT2D eigenvalue weighted by Gasteiger charge is -2.11. The number of aromatic nitrogens is 1. The summed E-state index contributed by atoms with van der Waals surface area (Å²) in [6.07, 6.45) is 5.42. The second kappa shape index (κ2) is 6.59. The van der Waals surface area contributed by atoms with Gasteiger partial charge in [0.2, 0.25) is 0 Å². The maximum Gasteiger partial charge on any atom is 0.190 e. The van der Waals surface area contributed by atoms with E-state index in [-0.39, 0.29) is 0 Å². The van der Waals surface area contributed by atoms with Gasteiger partial charge in [-0.05, 0) is 36.8 Å². The van der Waals surface area contributed by atoms with E-state index < -0.39 is 0 Å². The Balaban J connectivity index is 1.67. The molecule has 98 valence electrons. The molecular weight excluding hydrogens is 248 g/mol. The third kappa shape index (κ3) is 4.53. The summed E-state index contributed by atoms with van der Waals surface area (Å²) in [5.74, 6) is 1.73. The number of hydrogen-bond acceptors (Lipinski definition) is 2. The standard InChI is InChI=1S/C13H19ClN4/c1-15-13(18-9-10-2-3-10)16-7-6-11-4-5-12(14)17-8-11/h4-5,8,10H,2-3,6-7,9H2,1H3,(H2,15,16,18). The van der Waals surface area contributed by atoms with E-state index in [2.05, 4.69) is 20.6 Å². The quantitative estimate of drug-likeness (QED) is 0.486. The number of hydrogen-bond donors (Lipinski definition) is 2. The predicted octanol–water partition coefficient (Wildman–Crippen LogP) is 1.85. The van der Waals surface area contributed by atoms with Gasteiger partial charge in [0, 0.05) is 26.3 Å². The van der Waals surface area contributed by atoms with Crippen LogP contribution in [0.4, 0.5) is 0 Å². The first kappa shape index (κ1) is 13.1. The Labute approximate surface area is 113 Å². The van der Waals surface area contributed by atoms with Gasteiger partial charge < -0.3 is 10.6 Å². The van der Waals surface area contributed by atoms with Gasteiger partial charge in [0.05, 0.1) is 0 Å². The highest BCUT2D eigenvalue weighted by molar-refractivity contribution is 6.29. The van der Waals surface area contributed by atoms with Gasteiger partial charge in [-0.25, -0.2) is 4.98 Å². The first-order valence-electron chi connectivity index (χ1n) is 6.33. The molecule has 1 heterocycles. The normalized spacial score (nSPS) is 15.6. The van der Waals surface area contributed by atoms with Gasteiger partial charge in [-0.1, -0.05) is 17.7 Å². The number of nitrogens with zero attached hydrogens (tertiary/aromatic N) is 2. The van der Waals surface area contributed by atoms with Crippen molar-refractivity contribution < 1.29 is 0 Å². The Morgan fingerprint density at radius 1 is 1.44 bits per heavy atom. The molecule has 0 aliphatic heterocycles. The average molecular weight is 267 g/mol. The zero-order valence-corrected chi connectivity index (χ0v) is 11.4. The molecule has 0 aromatic carbocycles. The van der Waals surface area contributed by atoms with E-state index >= 15 is 0 Å².